The molecule has 0 aromatic carbocycles. The molecule has 2 aromatic heterocycles. The van der Waals surface area contributed by atoms with Gasteiger partial charge in [-0.25, -0.2) is 0 Å². The second-order valence-electron chi connectivity index (χ2n) is 4.97. The Morgan fingerprint density at radius 3 is 2.08 bits per heavy atom. The molecule has 0 aliphatic carbocycles. The second-order valence-corrected chi connectivity index (χ2v) is 7.18. The molecule has 0 fully saturated rings. The maximum atomic E-state index is 9.21. The van der Waals surface area contributed by atoms with Crippen molar-refractivity contribution in [2.75, 3.05) is 18.0 Å². The monoisotopic (exact) mass is 364 g/mol. The van der Waals surface area contributed by atoms with Crippen LogP contribution in [0.25, 0.3) is 17.7 Å². The van der Waals surface area contributed by atoms with Crippen LogP contribution in [0.3, 0.4) is 0 Å². The Morgan fingerprint density at radius 1 is 0.920 bits per heavy atom. The molecule has 2 aromatic rings. The molecule has 4 nitrogen and oxygen atoms in total. The van der Waals surface area contributed by atoms with Crippen molar-refractivity contribution >= 4 is 45.4 Å². The molecular formula is C19H16N4S2. The summed E-state index contributed by atoms with van der Waals surface area (Å²) >= 11 is 3.13. The van der Waals surface area contributed by atoms with Gasteiger partial charge in [0, 0.05) is 27.7 Å². The molecule has 0 bridgehead atoms. The lowest BCUT2D eigenvalue weighted by Gasteiger charge is -2.17. The van der Waals surface area contributed by atoms with Gasteiger partial charge in [-0.1, -0.05) is 0 Å². The zero-order valence-corrected chi connectivity index (χ0v) is 15.6. The fraction of sp³-hybridized carbons (Fsp3) is 0.211. The lowest BCUT2D eigenvalue weighted by Crippen LogP contribution is -2.20. The number of thiophene rings is 2. The van der Waals surface area contributed by atoms with E-state index < -0.39 is 0 Å². The molecular weight excluding hydrogens is 348 g/mol. The van der Waals surface area contributed by atoms with Crippen LogP contribution in [-0.4, -0.2) is 13.1 Å². The molecule has 2 rings (SSSR count). The summed E-state index contributed by atoms with van der Waals surface area (Å²) in [6.45, 7) is 6.25. The quantitative estimate of drug-likeness (QED) is 0.664. The maximum Gasteiger partial charge on any atom is 0.148 e. The van der Waals surface area contributed by atoms with Crippen molar-refractivity contribution in [3.8, 4) is 18.2 Å². The zero-order valence-electron chi connectivity index (χ0n) is 14.0. The fourth-order valence-electron chi connectivity index (χ4n) is 2.25. The minimum atomic E-state index is -0.151. The predicted octanol–water partition coefficient (Wildman–Crippen LogP) is 5.15. The first-order valence-electron chi connectivity index (χ1n) is 7.74. The lowest BCUT2D eigenvalue weighted by atomic mass is 10.1. The molecule has 6 heteroatoms. The SMILES string of the molecule is CCN(CC)c1ccc(/C=C/c2ccc(C(C#N)=C(C#N)C#N)s2)s1. The summed E-state index contributed by atoms with van der Waals surface area (Å²) < 4.78 is 0. The van der Waals surface area contributed by atoms with Gasteiger partial charge >= 0.3 is 0 Å². The van der Waals surface area contributed by atoms with E-state index in [0.29, 0.717) is 4.88 Å². The summed E-state index contributed by atoms with van der Waals surface area (Å²) in [7, 11) is 0. The van der Waals surface area contributed by atoms with Gasteiger partial charge < -0.3 is 4.90 Å². The van der Waals surface area contributed by atoms with Crippen LogP contribution >= 0.6 is 22.7 Å². The Balaban J connectivity index is 2.21. The highest BCUT2D eigenvalue weighted by Gasteiger charge is 2.11. The summed E-state index contributed by atoms with van der Waals surface area (Å²) in [5.41, 5.74) is -0.0170. The second kappa shape index (κ2) is 8.85. The molecule has 0 amide bonds. The minimum absolute atomic E-state index is 0.134. The van der Waals surface area contributed by atoms with Gasteiger partial charge in [0.05, 0.1) is 10.6 Å². The normalized spacial score (nSPS) is 10.0. The van der Waals surface area contributed by atoms with Gasteiger partial charge in [0.1, 0.15) is 23.8 Å². The molecule has 0 saturated carbocycles. The van der Waals surface area contributed by atoms with Crippen LogP contribution in [0.5, 0.6) is 0 Å². The van der Waals surface area contributed by atoms with Gasteiger partial charge in [0.2, 0.25) is 0 Å². The first kappa shape index (κ1) is 18.5. The van der Waals surface area contributed by atoms with Crippen molar-refractivity contribution < 1.29 is 0 Å². The Bertz CT molecular complexity index is 906. The molecule has 0 unspecified atom stereocenters. The van der Waals surface area contributed by atoms with Crippen LogP contribution in [0.2, 0.25) is 0 Å². The third-order valence-corrected chi connectivity index (χ3v) is 5.74. The zero-order chi connectivity index (χ0) is 18.2. The van der Waals surface area contributed by atoms with Crippen LogP contribution in [0.4, 0.5) is 5.00 Å². The number of allylic oxidation sites excluding steroid dienone is 2. The van der Waals surface area contributed by atoms with E-state index in [1.807, 2.05) is 24.3 Å². The summed E-state index contributed by atoms with van der Waals surface area (Å²) in [5.74, 6) is 0. The van der Waals surface area contributed by atoms with Gasteiger partial charge in [-0.3, -0.25) is 0 Å². The molecule has 124 valence electrons. The van der Waals surface area contributed by atoms with Crippen molar-refractivity contribution in [3.63, 3.8) is 0 Å². The molecule has 2 heterocycles. The Kier molecular flexibility index (Phi) is 6.54. The van der Waals surface area contributed by atoms with Crippen molar-refractivity contribution in [1.29, 1.82) is 15.8 Å². The predicted molar refractivity (Wildman–Crippen MR) is 105 cm³/mol. The summed E-state index contributed by atoms with van der Waals surface area (Å²) in [5, 5.41) is 28.3. The molecule has 0 atom stereocenters. The fourth-order valence-corrected chi connectivity index (χ4v) is 4.20. The van der Waals surface area contributed by atoms with Crippen LogP contribution in [0.1, 0.15) is 28.5 Å². The third kappa shape index (κ3) is 4.37. The van der Waals surface area contributed by atoms with Gasteiger partial charge in [-0.05, 0) is 50.3 Å². The van der Waals surface area contributed by atoms with Gasteiger partial charge in [0.25, 0.3) is 0 Å². The highest BCUT2D eigenvalue weighted by atomic mass is 32.1. The number of nitriles is 3. The Morgan fingerprint density at radius 2 is 1.52 bits per heavy atom. The largest absolute Gasteiger partial charge is 0.364 e. The van der Waals surface area contributed by atoms with Crippen LogP contribution in [0.15, 0.2) is 29.8 Å². The molecule has 0 spiro atoms. The van der Waals surface area contributed by atoms with E-state index >= 15 is 0 Å². The molecule has 0 aliphatic heterocycles. The minimum Gasteiger partial charge on any atom is -0.364 e. The van der Waals surface area contributed by atoms with E-state index in [2.05, 4.69) is 30.9 Å². The van der Waals surface area contributed by atoms with Gasteiger partial charge in [-0.15, -0.1) is 22.7 Å². The molecule has 0 saturated heterocycles. The summed E-state index contributed by atoms with van der Waals surface area (Å²) in [4.78, 5) is 5.06. The molecule has 0 N–H and O–H groups in total. The van der Waals surface area contributed by atoms with Gasteiger partial charge in [-0.2, -0.15) is 15.8 Å². The molecule has 0 aliphatic rings. The number of hydrogen-bond donors (Lipinski definition) is 0. The van der Waals surface area contributed by atoms with Gasteiger partial charge in [0.15, 0.2) is 0 Å². The average molecular weight is 364 g/mol. The van der Waals surface area contributed by atoms with Crippen molar-refractivity contribution in [1.82, 2.24) is 0 Å². The number of anilines is 1. The molecule has 0 radical (unpaired) electrons. The van der Waals surface area contributed by atoms with E-state index in [1.54, 1.807) is 29.5 Å². The first-order valence-corrected chi connectivity index (χ1v) is 9.37. The third-order valence-electron chi connectivity index (χ3n) is 3.56. The van der Waals surface area contributed by atoms with Crippen LogP contribution in [0, 0.1) is 34.0 Å². The molecule has 25 heavy (non-hydrogen) atoms. The Hall–Kier alpha value is -2.85. The van der Waals surface area contributed by atoms with E-state index in [0.717, 1.165) is 22.8 Å². The highest BCUT2D eigenvalue weighted by Crippen LogP contribution is 2.30. The smallest absolute Gasteiger partial charge is 0.148 e. The average Bonchev–Trinajstić information content (AvgIpc) is 3.28. The van der Waals surface area contributed by atoms with E-state index in [9.17, 15) is 5.26 Å². The first-order chi connectivity index (χ1) is 12.2. The number of hydrogen-bond acceptors (Lipinski definition) is 6. The van der Waals surface area contributed by atoms with E-state index in [1.165, 1.54) is 16.3 Å². The topological polar surface area (TPSA) is 74.6 Å². The van der Waals surface area contributed by atoms with Crippen LogP contribution < -0.4 is 4.90 Å². The lowest BCUT2D eigenvalue weighted by molar-refractivity contribution is 0.876. The van der Waals surface area contributed by atoms with Crippen molar-refractivity contribution in [3.05, 3.63) is 44.5 Å². The number of nitrogens with zero attached hydrogens (tertiary/aromatic N) is 4. The highest BCUT2D eigenvalue weighted by molar-refractivity contribution is 7.17. The summed E-state index contributed by atoms with van der Waals surface area (Å²) in [6.07, 6.45) is 4.03. The van der Waals surface area contributed by atoms with E-state index in [-0.39, 0.29) is 11.1 Å². The Labute approximate surface area is 155 Å². The van der Waals surface area contributed by atoms with Crippen LogP contribution in [-0.2, 0) is 0 Å². The van der Waals surface area contributed by atoms with E-state index in [4.69, 9.17) is 10.5 Å². The standard InChI is InChI=1S/C19H16N4S2/c1-3-23(4-2)19-10-8-16(25-19)6-5-15-7-9-18(24-15)17(13-22)14(11-20)12-21/h5-10H,3-4H2,1-2H3/b6-5+. The van der Waals surface area contributed by atoms with Crippen molar-refractivity contribution in [2.45, 2.75) is 13.8 Å². The number of rotatable bonds is 6. The van der Waals surface area contributed by atoms with Crippen molar-refractivity contribution in [2.24, 2.45) is 0 Å². The summed E-state index contributed by atoms with van der Waals surface area (Å²) in [6, 6.07) is 13.4. The maximum absolute atomic E-state index is 9.21.